The predicted octanol–water partition coefficient (Wildman–Crippen LogP) is 3.36. The van der Waals surface area contributed by atoms with Crippen molar-refractivity contribution in [2.24, 2.45) is 0 Å². The van der Waals surface area contributed by atoms with Gasteiger partial charge in [0.2, 0.25) is 5.76 Å². The van der Waals surface area contributed by atoms with Gasteiger partial charge in [-0.2, -0.15) is 0 Å². The number of hydrogen-bond acceptors (Lipinski definition) is 7. The van der Waals surface area contributed by atoms with E-state index in [-0.39, 0.29) is 23.5 Å². The second-order valence-electron chi connectivity index (χ2n) is 4.55. The van der Waals surface area contributed by atoms with Crippen molar-refractivity contribution in [3.05, 3.63) is 50.9 Å². The number of furan rings is 1. The standard InChI is InChI=1S/C15H11NO5S2/c1-20-14(18)12-9(4-5-21-12)8-16-13(17)11(23-15(16)19)7-10-3-2-6-22-10/h2-7H,8H2,1H3/b11-7-. The van der Waals surface area contributed by atoms with E-state index >= 15 is 0 Å². The summed E-state index contributed by atoms with van der Waals surface area (Å²) in [6, 6.07) is 5.28. The molecule has 0 unspecified atom stereocenters. The maximum atomic E-state index is 12.4. The van der Waals surface area contributed by atoms with Crippen molar-refractivity contribution in [2.45, 2.75) is 6.54 Å². The van der Waals surface area contributed by atoms with E-state index < -0.39 is 5.97 Å². The molecule has 1 aliphatic heterocycles. The Bertz CT molecular complexity index is 791. The number of amides is 2. The Kier molecular flexibility index (Phi) is 4.35. The van der Waals surface area contributed by atoms with Crippen LogP contribution < -0.4 is 0 Å². The molecule has 0 atom stereocenters. The van der Waals surface area contributed by atoms with E-state index in [0.29, 0.717) is 10.5 Å². The van der Waals surface area contributed by atoms with Gasteiger partial charge in [-0.15, -0.1) is 11.3 Å². The van der Waals surface area contributed by atoms with Gasteiger partial charge in [-0.05, 0) is 35.4 Å². The lowest BCUT2D eigenvalue weighted by Crippen LogP contribution is -2.28. The molecule has 0 aliphatic carbocycles. The van der Waals surface area contributed by atoms with Crippen LogP contribution in [0.25, 0.3) is 6.08 Å². The molecule has 2 aromatic heterocycles. The van der Waals surface area contributed by atoms with Crippen LogP contribution >= 0.6 is 23.1 Å². The summed E-state index contributed by atoms with van der Waals surface area (Å²) >= 11 is 2.36. The SMILES string of the molecule is COC(=O)c1occc1CN1C(=O)S/C(=C\c2cccs2)C1=O. The molecule has 0 N–H and O–H groups in total. The van der Waals surface area contributed by atoms with Crippen LogP contribution in [0, 0.1) is 0 Å². The molecule has 0 radical (unpaired) electrons. The first kappa shape index (κ1) is 15.6. The molecule has 8 heteroatoms. The van der Waals surface area contributed by atoms with Gasteiger partial charge in [0.1, 0.15) is 0 Å². The van der Waals surface area contributed by atoms with Crippen LogP contribution in [-0.2, 0) is 16.1 Å². The highest BCUT2D eigenvalue weighted by molar-refractivity contribution is 8.18. The van der Waals surface area contributed by atoms with Crippen LogP contribution in [-0.4, -0.2) is 29.1 Å². The molecule has 1 saturated heterocycles. The molecule has 3 heterocycles. The summed E-state index contributed by atoms with van der Waals surface area (Å²) in [4.78, 5) is 38.4. The number of thiophene rings is 1. The Morgan fingerprint density at radius 1 is 1.39 bits per heavy atom. The molecule has 3 rings (SSSR count). The number of carbonyl (C=O) groups is 3. The third kappa shape index (κ3) is 3.08. The van der Waals surface area contributed by atoms with E-state index in [2.05, 4.69) is 4.74 Å². The maximum absolute atomic E-state index is 12.4. The van der Waals surface area contributed by atoms with Crippen molar-refractivity contribution in [3.8, 4) is 0 Å². The van der Waals surface area contributed by atoms with E-state index in [4.69, 9.17) is 4.42 Å². The van der Waals surface area contributed by atoms with E-state index in [1.807, 2.05) is 17.5 Å². The van der Waals surface area contributed by atoms with Crippen molar-refractivity contribution >= 4 is 46.3 Å². The molecule has 2 aromatic rings. The second-order valence-corrected chi connectivity index (χ2v) is 6.52. The average Bonchev–Trinajstić information content (AvgIpc) is 3.25. The molecule has 0 aromatic carbocycles. The van der Waals surface area contributed by atoms with Crippen molar-refractivity contribution in [1.82, 2.24) is 4.90 Å². The maximum Gasteiger partial charge on any atom is 0.374 e. The molecule has 0 saturated carbocycles. The minimum absolute atomic E-state index is 0.00575. The number of methoxy groups -OCH3 is 1. The molecule has 6 nitrogen and oxygen atoms in total. The third-order valence-corrected chi connectivity index (χ3v) is 4.86. The van der Waals surface area contributed by atoms with Gasteiger partial charge in [0.15, 0.2) is 0 Å². The zero-order valence-electron chi connectivity index (χ0n) is 12.0. The van der Waals surface area contributed by atoms with Crippen molar-refractivity contribution in [1.29, 1.82) is 0 Å². The number of thioether (sulfide) groups is 1. The Morgan fingerprint density at radius 2 is 2.22 bits per heavy atom. The fourth-order valence-electron chi connectivity index (χ4n) is 2.04. The van der Waals surface area contributed by atoms with Gasteiger partial charge in [0, 0.05) is 10.4 Å². The lowest BCUT2D eigenvalue weighted by atomic mass is 10.2. The van der Waals surface area contributed by atoms with Crippen LogP contribution in [0.1, 0.15) is 21.0 Å². The van der Waals surface area contributed by atoms with E-state index in [0.717, 1.165) is 21.5 Å². The summed E-state index contributed by atoms with van der Waals surface area (Å²) in [5, 5.41) is 1.51. The number of nitrogens with zero attached hydrogens (tertiary/aromatic N) is 1. The molecular weight excluding hydrogens is 338 g/mol. The minimum Gasteiger partial charge on any atom is -0.463 e. The van der Waals surface area contributed by atoms with Gasteiger partial charge >= 0.3 is 5.97 Å². The van der Waals surface area contributed by atoms with Crippen LogP contribution in [0.3, 0.4) is 0 Å². The van der Waals surface area contributed by atoms with Gasteiger partial charge in [-0.25, -0.2) is 4.79 Å². The molecular formula is C15H11NO5S2. The Balaban J connectivity index is 1.82. The summed E-state index contributed by atoms with van der Waals surface area (Å²) in [6.07, 6.45) is 3.01. The van der Waals surface area contributed by atoms with Crippen LogP contribution in [0.5, 0.6) is 0 Å². The highest BCUT2D eigenvalue weighted by Crippen LogP contribution is 2.34. The highest BCUT2D eigenvalue weighted by Gasteiger charge is 2.36. The van der Waals surface area contributed by atoms with Crippen molar-refractivity contribution < 1.29 is 23.5 Å². The molecule has 0 bridgehead atoms. The molecule has 1 aliphatic rings. The Morgan fingerprint density at radius 3 is 2.91 bits per heavy atom. The lowest BCUT2D eigenvalue weighted by molar-refractivity contribution is -0.123. The molecule has 23 heavy (non-hydrogen) atoms. The van der Waals surface area contributed by atoms with Gasteiger partial charge in [0.25, 0.3) is 11.1 Å². The Labute approximate surface area is 139 Å². The number of rotatable bonds is 4. The average molecular weight is 349 g/mol. The van der Waals surface area contributed by atoms with Gasteiger partial charge < -0.3 is 9.15 Å². The fraction of sp³-hybridized carbons (Fsp3) is 0.133. The molecule has 118 valence electrons. The quantitative estimate of drug-likeness (QED) is 0.622. The van der Waals surface area contributed by atoms with E-state index in [9.17, 15) is 14.4 Å². The van der Waals surface area contributed by atoms with Gasteiger partial charge in [-0.3, -0.25) is 14.5 Å². The number of hydrogen-bond donors (Lipinski definition) is 0. The van der Waals surface area contributed by atoms with Gasteiger partial charge in [0.05, 0.1) is 24.8 Å². The number of ether oxygens (including phenoxy) is 1. The first-order valence-electron chi connectivity index (χ1n) is 6.53. The first-order valence-corrected chi connectivity index (χ1v) is 8.23. The van der Waals surface area contributed by atoms with Crippen LogP contribution in [0.15, 0.2) is 39.2 Å². The number of esters is 1. The highest BCUT2D eigenvalue weighted by atomic mass is 32.2. The summed E-state index contributed by atoms with van der Waals surface area (Å²) < 4.78 is 9.68. The second kappa shape index (κ2) is 6.43. The van der Waals surface area contributed by atoms with Gasteiger partial charge in [-0.1, -0.05) is 6.07 Å². The zero-order valence-corrected chi connectivity index (χ0v) is 13.6. The lowest BCUT2D eigenvalue weighted by Gasteiger charge is -2.11. The monoisotopic (exact) mass is 349 g/mol. The summed E-state index contributed by atoms with van der Waals surface area (Å²) in [5.74, 6) is -1.04. The zero-order chi connectivity index (χ0) is 16.4. The smallest absolute Gasteiger partial charge is 0.374 e. The number of imide groups is 1. The molecule has 0 spiro atoms. The molecule has 2 amide bonds. The summed E-state index contributed by atoms with van der Waals surface area (Å²) in [7, 11) is 1.23. The number of carbonyl (C=O) groups excluding carboxylic acids is 3. The van der Waals surface area contributed by atoms with Crippen LogP contribution in [0.2, 0.25) is 0 Å². The fourth-order valence-corrected chi connectivity index (χ4v) is 3.60. The summed E-state index contributed by atoms with van der Waals surface area (Å²) in [6.45, 7) is -0.0343. The first-order chi connectivity index (χ1) is 11.1. The minimum atomic E-state index is -0.647. The van der Waals surface area contributed by atoms with E-state index in [1.165, 1.54) is 24.7 Å². The van der Waals surface area contributed by atoms with E-state index in [1.54, 1.807) is 12.1 Å². The summed E-state index contributed by atoms with van der Waals surface area (Å²) in [5.41, 5.74) is 0.427. The van der Waals surface area contributed by atoms with Crippen molar-refractivity contribution in [2.75, 3.05) is 7.11 Å². The normalized spacial score (nSPS) is 16.4. The largest absolute Gasteiger partial charge is 0.463 e. The topological polar surface area (TPSA) is 76.8 Å². The predicted molar refractivity (Wildman–Crippen MR) is 85.9 cm³/mol. The third-order valence-electron chi connectivity index (χ3n) is 3.14. The van der Waals surface area contributed by atoms with Crippen LogP contribution in [0.4, 0.5) is 4.79 Å². The molecule has 1 fully saturated rings. The van der Waals surface area contributed by atoms with Crippen molar-refractivity contribution in [3.63, 3.8) is 0 Å². The Hall–Kier alpha value is -2.32.